The maximum Gasteiger partial charge on any atom is 0.272 e. The van der Waals surface area contributed by atoms with Crippen molar-refractivity contribution < 1.29 is 9.53 Å². The highest BCUT2D eigenvalue weighted by Gasteiger charge is 2.40. The van der Waals surface area contributed by atoms with Crippen LogP contribution in [0.1, 0.15) is 19.4 Å². The van der Waals surface area contributed by atoms with Gasteiger partial charge >= 0.3 is 0 Å². The Labute approximate surface area is 101 Å². The average Bonchev–Trinajstić information content (AvgIpc) is 2.53. The Morgan fingerprint density at radius 1 is 1.24 bits per heavy atom. The summed E-state index contributed by atoms with van der Waals surface area (Å²) in [5.74, 6) is 1.40. The summed E-state index contributed by atoms with van der Waals surface area (Å²) in [6, 6.07) is 7.54. The Hall–Kier alpha value is -1.84. The minimum Gasteiger partial charge on any atom is -0.497 e. The highest BCUT2D eigenvalue weighted by atomic mass is 16.5. The normalized spacial score (nSPS) is 18.2. The van der Waals surface area contributed by atoms with Crippen LogP contribution in [0.3, 0.4) is 0 Å². The van der Waals surface area contributed by atoms with Gasteiger partial charge in [0.05, 0.1) is 7.11 Å². The molecule has 0 fully saturated rings. The number of amides is 1. The van der Waals surface area contributed by atoms with E-state index < -0.39 is 5.54 Å². The molecule has 0 saturated heterocycles. The molecule has 0 spiro atoms. The summed E-state index contributed by atoms with van der Waals surface area (Å²) in [5.41, 5.74) is 0.363. The number of rotatable bonds is 2. The lowest BCUT2D eigenvalue weighted by atomic mass is 10.0. The molecule has 4 nitrogen and oxygen atoms in total. The van der Waals surface area contributed by atoms with E-state index in [0.717, 1.165) is 11.3 Å². The van der Waals surface area contributed by atoms with Gasteiger partial charge in [-0.1, -0.05) is 0 Å². The van der Waals surface area contributed by atoms with E-state index in [0.29, 0.717) is 5.84 Å². The number of ether oxygens (including phenoxy) is 1. The van der Waals surface area contributed by atoms with Crippen LogP contribution >= 0.6 is 0 Å². The van der Waals surface area contributed by atoms with E-state index in [1.807, 2.05) is 50.1 Å². The molecule has 1 amide bonds. The molecule has 1 aromatic rings. The lowest BCUT2D eigenvalue weighted by molar-refractivity contribution is -0.123. The molecule has 0 atom stereocenters. The number of benzene rings is 1. The fraction of sp³-hybridized carbons (Fsp3) is 0.385. The molecule has 0 aliphatic carbocycles. The van der Waals surface area contributed by atoms with Crippen LogP contribution in [0.15, 0.2) is 29.3 Å². The van der Waals surface area contributed by atoms with E-state index in [4.69, 9.17) is 4.74 Å². The van der Waals surface area contributed by atoms with E-state index in [1.54, 1.807) is 7.11 Å². The quantitative estimate of drug-likeness (QED) is 0.779. The van der Waals surface area contributed by atoms with Gasteiger partial charge in [-0.3, -0.25) is 4.79 Å². The zero-order valence-electron chi connectivity index (χ0n) is 10.5. The number of methoxy groups -OCH3 is 1. The fourth-order valence-corrected chi connectivity index (χ4v) is 1.71. The van der Waals surface area contributed by atoms with Crippen LogP contribution in [0.25, 0.3) is 0 Å². The molecule has 1 aliphatic rings. The number of nitrogens with zero attached hydrogens (tertiary/aromatic N) is 2. The van der Waals surface area contributed by atoms with Gasteiger partial charge in [0.15, 0.2) is 0 Å². The summed E-state index contributed by atoms with van der Waals surface area (Å²) >= 11 is 0. The second-order valence-electron chi connectivity index (χ2n) is 4.59. The first kappa shape index (κ1) is 11.6. The van der Waals surface area contributed by atoms with Crippen LogP contribution in [0.4, 0.5) is 0 Å². The lowest BCUT2D eigenvalue weighted by Crippen LogP contribution is -2.44. The lowest BCUT2D eigenvalue weighted by Gasteiger charge is -2.28. The third-order valence-electron chi connectivity index (χ3n) is 3.24. The Morgan fingerprint density at radius 2 is 1.82 bits per heavy atom. The Kier molecular flexibility index (Phi) is 2.65. The van der Waals surface area contributed by atoms with Crippen molar-refractivity contribution in [2.24, 2.45) is 4.99 Å². The maximum absolute atomic E-state index is 11.8. The molecule has 0 unspecified atom stereocenters. The first-order valence-corrected chi connectivity index (χ1v) is 5.48. The summed E-state index contributed by atoms with van der Waals surface area (Å²) in [6.07, 6.45) is 0. The van der Waals surface area contributed by atoms with Gasteiger partial charge in [0.25, 0.3) is 5.91 Å². The van der Waals surface area contributed by atoms with Crippen LogP contribution in [0.2, 0.25) is 0 Å². The zero-order valence-corrected chi connectivity index (χ0v) is 10.5. The van der Waals surface area contributed by atoms with Crippen LogP contribution < -0.4 is 4.74 Å². The molecular weight excluding hydrogens is 216 g/mol. The molecule has 0 radical (unpaired) electrons. The van der Waals surface area contributed by atoms with Gasteiger partial charge in [0.1, 0.15) is 17.1 Å². The predicted molar refractivity (Wildman–Crippen MR) is 66.4 cm³/mol. The number of carbonyl (C=O) groups excluding carboxylic acids is 1. The Balaban J connectivity index is 2.35. The zero-order chi connectivity index (χ0) is 12.6. The molecule has 90 valence electrons. The summed E-state index contributed by atoms with van der Waals surface area (Å²) in [4.78, 5) is 17.8. The second-order valence-corrected chi connectivity index (χ2v) is 4.59. The monoisotopic (exact) mass is 232 g/mol. The van der Waals surface area contributed by atoms with E-state index in [-0.39, 0.29) is 5.91 Å². The van der Waals surface area contributed by atoms with Gasteiger partial charge in [-0.2, -0.15) is 4.99 Å². The summed E-state index contributed by atoms with van der Waals surface area (Å²) in [7, 11) is 3.51. The van der Waals surface area contributed by atoms with Crippen molar-refractivity contribution >= 4 is 11.7 Å². The van der Waals surface area contributed by atoms with Gasteiger partial charge in [0.2, 0.25) is 0 Å². The van der Waals surface area contributed by atoms with Crippen LogP contribution in [-0.2, 0) is 4.79 Å². The van der Waals surface area contributed by atoms with Crippen molar-refractivity contribution in [1.82, 2.24) is 4.90 Å². The van der Waals surface area contributed by atoms with Crippen molar-refractivity contribution in [3.63, 3.8) is 0 Å². The van der Waals surface area contributed by atoms with Crippen molar-refractivity contribution in [3.05, 3.63) is 29.8 Å². The minimum atomic E-state index is -0.560. The van der Waals surface area contributed by atoms with Gasteiger partial charge in [0, 0.05) is 12.6 Å². The molecule has 4 heteroatoms. The molecule has 0 aromatic heterocycles. The average molecular weight is 232 g/mol. The van der Waals surface area contributed by atoms with Crippen molar-refractivity contribution in [1.29, 1.82) is 0 Å². The molecule has 1 aliphatic heterocycles. The van der Waals surface area contributed by atoms with Crippen LogP contribution in [-0.4, -0.2) is 36.3 Å². The molecule has 1 heterocycles. The molecule has 1 aromatic carbocycles. The SMILES string of the molecule is COc1ccc(C2=NC(=O)C(C)(C)N2C)cc1. The van der Waals surface area contributed by atoms with E-state index in [1.165, 1.54) is 0 Å². The molecule has 0 saturated carbocycles. The highest BCUT2D eigenvalue weighted by molar-refractivity contribution is 6.13. The number of hydrogen-bond donors (Lipinski definition) is 0. The van der Waals surface area contributed by atoms with Gasteiger partial charge < -0.3 is 9.64 Å². The minimum absolute atomic E-state index is 0.106. The van der Waals surface area contributed by atoms with Crippen LogP contribution in [0, 0.1) is 0 Å². The molecule has 0 bridgehead atoms. The van der Waals surface area contributed by atoms with E-state index >= 15 is 0 Å². The number of likely N-dealkylation sites (N-methyl/N-ethyl adjacent to an activating group) is 1. The summed E-state index contributed by atoms with van der Waals surface area (Å²) < 4.78 is 5.10. The topological polar surface area (TPSA) is 41.9 Å². The number of aliphatic imine (C=N–C) groups is 1. The summed E-state index contributed by atoms with van der Waals surface area (Å²) in [5, 5.41) is 0. The van der Waals surface area contributed by atoms with Crippen molar-refractivity contribution in [3.8, 4) is 5.75 Å². The Bertz CT molecular complexity index is 475. The van der Waals surface area contributed by atoms with Gasteiger partial charge in [-0.05, 0) is 38.1 Å². The molecule has 2 rings (SSSR count). The second kappa shape index (κ2) is 3.87. The molecule has 17 heavy (non-hydrogen) atoms. The maximum atomic E-state index is 11.8. The first-order chi connectivity index (χ1) is 7.96. The van der Waals surface area contributed by atoms with Crippen molar-refractivity contribution in [2.75, 3.05) is 14.2 Å². The smallest absolute Gasteiger partial charge is 0.272 e. The predicted octanol–water partition coefficient (Wildman–Crippen LogP) is 1.69. The number of hydrogen-bond acceptors (Lipinski definition) is 3. The third-order valence-corrected chi connectivity index (χ3v) is 3.24. The Morgan fingerprint density at radius 3 is 2.24 bits per heavy atom. The largest absolute Gasteiger partial charge is 0.497 e. The third kappa shape index (κ3) is 1.79. The van der Waals surface area contributed by atoms with Gasteiger partial charge in [-0.25, -0.2) is 0 Å². The molecular formula is C13H16N2O2. The van der Waals surface area contributed by atoms with E-state index in [9.17, 15) is 4.79 Å². The van der Waals surface area contributed by atoms with Crippen LogP contribution in [0.5, 0.6) is 5.75 Å². The summed E-state index contributed by atoms with van der Waals surface area (Å²) in [6.45, 7) is 3.74. The highest BCUT2D eigenvalue weighted by Crippen LogP contribution is 2.25. The van der Waals surface area contributed by atoms with Crippen molar-refractivity contribution in [2.45, 2.75) is 19.4 Å². The standard InChI is InChI=1S/C13H16N2O2/c1-13(2)12(16)14-11(15(13)3)9-5-7-10(17-4)8-6-9/h5-8H,1-4H3. The first-order valence-electron chi connectivity index (χ1n) is 5.48. The number of carbonyl (C=O) groups is 1. The molecule has 0 N–H and O–H groups in total. The fourth-order valence-electron chi connectivity index (χ4n) is 1.71. The number of amidine groups is 1. The van der Waals surface area contributed by atoms with E-state index in [2.05, 4.69) is 4.99 Å². The van der Waals surface area contributed by atoms with Gasteiger partial charge in [-0.15, -0.1) is 0 Å².